The molecule has 6 nitrogen and oxygen atoms in total. The lowest BCUT2D eigenvalue weighted by molar-refractivity contribution is -0.115. The molecule has 0 atom stereocenters. The molecule has 2 aromatic rings. The van der Waals surface area contributed by atoms with Crippen LogP contribution in [0.1, 0.15) is 21.5 Å². The number of hydrogen-bond donors (Lipinski definition) is 2. The fourth-order valence-corrected chi connectivity index (χ4v) is 3.31. The smallest absolute Gasteiger partial charge is 0.335 e. The highest BCUT2D eigenvalue weighted by Crippen LogP contribution is 2.30. The van der Waals surface area contributed by atoms with Crippen molar-refractivity contribution in [3.05, 3.63) is 64.1 Å². The number of amides is 1. The van der Waals surface area contributed by atoms with Gasteiger partial charge in [0.1, 0.15) is 0 Å². The van der Waals surface area contributed by atoms with Crippen molar-refractivity contribution < 1.29 is 14.7 Å². The average molecular weight is 381 g/mol. The van der Waals surface area contributed by atoms with E-state index in [2.05, 4.69) is 10.3 Å². The van der Waals surface area contributed by atoms with Crippen molar-refractivity contribution in [1.82, 2.24) is 5.32 Å². The number of carboxylic acid groups (broad SMARTS) is 1. The largest absolute Gasteiger partial charge is 0.478 e. The van der Waals surface area contributed by atoms with Gasteiger partial charge in [0.2, 0.25) is 0 Å². The maximum absolute atomic E-state index is 12.2. The van der Waals surface area contributed by atoms with Crippen LogP contribution in [0.2, 0.25) is 0 Å². The van der Waals surface area contributed by atoms with Gasteiger partial charge in [-0.3, -0.25) is 4.79 Å². The summed E-state index contributed by atoms with van der Waals surface area (Å²) in [7, 11) is 3.94. The maximum Gasteiger partial charge on any atom is 0.335 e. The molecular weight excluding hydrogens is 362 g/mol. The first kappa shape index (κ1) is 18.7. The third-order valence-corrected chi connectivity index (χ3v) is 4.95. The number of nitrogens with one attached hydrogen (secondary N) is 1. The molecule has 1 aliphatic rings. The van der Waals surface area contributed by atoms with Crippen molar-refractivity contribution in [1.29, 1.82) is 0 Å². The first-order valence-electron chi connectivity index (χ1n) is 8.24. The summed E-state index contributed by atoms with van der Waals surface area (Å²) in [6.45, 7) is 1.84. The second-order valence-electron chi connectivity index (χ2n) is 6.27. The highest BCUT2D eigenvalue weighted by molar-refractivity contribution is 8.18. The lowest BCUT2D eigenvalue weighted by atomic mass is 10.1. The monoisotopic (exact) mass is 381 g/mol. The first-order chi connectivity index (χ1) is 12.8. The molecule has 0 unspecified atom stereocenters. The van der Waals surface area contributed by atoms with E-state index < -0.39 is 5.97 Å². The standard InChI is InChI=1S/C20H19N3O3S/c1-12-4-7-14(19(25)26)11-16(12)21-20-22-18(24)17(27-20)10-13-5-8-15(9-6-13)23(2)3/h4-11H,1-3H3,(H,25,26)(H,21,22,24). The number of carbonyl (C=O) groups is 2. The van der Waals surface area contributed by atoms with Crippen molar-refractivity contribution in [2.24, 2.45) is 4.99 Å². The van der Waals surface area contributed by atoms with Gasteiger partial charge in [-0.2, -0.15) is 0 Å². The molecule has 1 heterocycles. The lowest BCUT2D eigenvalue weighted by Gasteiger charge is -2.11. The predicted molar refractivity (Wildman–Crippen MR) is 110 cm³/mol. The minimum absolute atomic E-state index is 0.158. The van der Waals surface area contributed by atoms with E-state index in [1.165, 1.54) is 23.9 Å². The minimum atomic E-state index is -1.01. The Kier molecular flexibility index (Phi) is 5.32. The van der Waals surface area contributed by atoms with Crippen molar-refractivity contribution >= 4 is 46.3 Å². The molecule has 7 heteroatoms. The van der Waals surface area contributed by atoms with Crippen LogP contribution < -0.4 is 10.2 Å². The number of aliphatic imine (C=N–C) groups is 1. The normalized spacial score (nSPS) is 16.6. The molecular formula is C20H19N3O3S. The Morgan fingerprint density at radius 3 is 2.52 bits per heavy atom. The number of aromatic carboxylic acids is 1. The van der Waals surface area contributed by atoms with Gasteiger partial charge in [0.05, 0.1) is 16.2 Å². The highest BCUT2D eigenvalue weighted by atomic mass is 32.2. The maximum atomic E-state index is 12.2. The molecule has 0 aromatic heterocycles. The molecule has 2 aromatic carbocycles. The number of hydrogen-bond acceptors (Lipinski definition) is 5. The highest BCUT2D eigenvalue weighted by Gasteiger charge is 2.24. The van der Waals surface area contributed by atoms with Gasteiger partial charge in [-0.1, -0.05) is 18.2 Å². The fourth-order valence-electron chi connectivity index (χ4n) is 2.47. The summed E-state index contributed by atoms with van der Waals surface area (Å²) in [5, 5.41) is 12.3. The van der Waals surface area contributed by atoms with Crippen molar-refractivity contribution in [3.8, 4) is 0 Å². The van der Waals surface area contributed by atoms with Crippen molar-refractivity contribution in [3.63, 3.8) is 0 Å². The van der Waals surface area contributed by atoms with E-state index in [9.17, 15) is 9.59 Å². The van der Waals surface area contributed by atoms with Crippen LogP contribution in [0.3, 0.4) is 0 Å². The number of rotatable bonds is 4. The fraction of sp³-hybridized carbons (Fsp3) is 0.150. The van der Waals surface area contributed by atoms with Crippen LogP contribution in [0.4, 0.5) is 11.4 Å². The average Bonchev–Trinajstić information content (AvgIpc) is 2.96. The van der Waals surface area contributed by atoms with Gasteiger partial charge in [-0.05, 0) is 60.2 Å². The zero-order valence-corrected chi connectivity index (χ0v) is 16.0. The van der Waals surface area contributed by atoms with E-state index in [0.29, 0.717) is 15.8 Å². The lowest BCUT2D eigenvalue weighted by Crippen LogP contribution is -2.19. The zero-order valence-electron chi connectivity index (χ0n) is 15.2. The molecule has 0 saturated carbocycles. The van der Waals surface area contributed by atoms with Crippen LogP contribution >= 0.6 is 11.8 Å². The van der Waals surface area contributed by atoms with E-state index in [4.69, 9.17) is 5.11 Å². The Hall–Kier alpha value is -3.06. The molecule has 0 bridgehead atoms. The number of anilines is 1. The van der Waals surface area contributed by atoms with E-state index in [-0.39, 0.29) is 11.5 Å². The molecule has 27 heavy (non-hydrogen) atoms. The Morgan fingerprint density at radius 1 is 1.19 bits per heavy atom. The van der Waals surface area contributed by atoms with E-state index >= 15 is 0 Å². The summed E-state index contributed by atoms with van der Waals surface area (Å²) < 4.78 is 0. The molecule has 1 saturated heterocycles. The number of carbonyl (C=O) groups excluding carboxylic acids is 1. The van der Waals surface area contributed by atoms with Gasteiger partial charge in [-0.25, -0.2) is 9.79 Å². The van der Waals surface area contributed by atoms with Gasteiger partial charge < -0.3 is 15.3 Å². The molecule has 1 aliphatic heterocycles. The van der Waals surface area contributed by atoms with Gasteiger partial charge >= 0.3 is 5.97 Å². The quantitative estimate of drug-likeness (QED) is 0.790. The summed E-state index contributed by atoms with van der Waals surface area (Å²) in [5.74, 6) is -1.23. The van der Waals surface area contributed by atoms with Gasteiger partial charge in [-0.15, -0.1) is 0 Å². The summed E-state index contributed by atoms with van der Waals surface area (Å²) in [5.41, 5.74) is 3.51. The van der Waals surface area contributed by atoms with E-state index in [0.717, 1.165) is 16.8 Å². The van der Waals surface area contributed by atoms with E-state index in [1.54, 1.807) is 6.07 Å². The number of carboxylic acids is 1. The Balaban J connectivity index is 1.84. The molecule has 2 N–H and O–H groups in total. The topological polar surface area (TPSA) is 82.0 Å². The van der Waals surface area contributed by atoms with Crippen LogP contribution in [-0.4, -0.2) is 36.2 Å². The summed E-state index contributed by atoms with van der Waals surface area (Å²) in [6, 6.07) is 12.6. The molecule has 0 radical (unpaired) electrons. The Morgan fingerprint density at radius 2 is 1.89 bits per heavy atom. The third kappa shape index (κ3) is 4.38. The molecule has 0 aliphatic carbocycles. The number of aryl methyl sites for hydroxylation is 1. The summed E-state index contributed by atoms with van der Waals surface area (Å²) >= 11 is 1.23. The number of benzene rings is 2. The van der Waals surface area contributed by atoms with Gasteiger partial charge in [0, 0.05) is 19.8 Å². The Bertz CT molecular complexity index is 963. The molecule has 1 fully saturated rings. The number of amidine groups is 1. The first-order valence-corrected chi connectivity index (χ1v) is 9.06. The van der Waals surface area contributed by atoms with Gasteiger partial charge in [0.15, 0.2) is 5.17 Å². The van der Waals surface area contributed by atoms with Crippen LogP contribution in [0.25, 0.3) is 6.08 Å². The minimum Gasteiger partial charge on any atom is -0.478 e. The van der Waals surface area contributed by atoms with Crippen LogP contribution in [0.5, 0.6) is 0 Å². The van der Waals surface area contributed by atoms with Crippen LogP contribution in [0.15, 0.2) is 52.4 Å². The molecule has 1 amide bonds. The van der Waals surface area contributed by atoms with E-state index in [1.807, 2.05) is 56.3 Å². The summed E-state index contributed by atoms with van der Waals surface area (Å²) in [6.07, 6.45) is 1.81. The third-order valence-electron chi connectivity index (χ3n) is 4.04. The summed E-state index contributed by atoms with van der Waals surface area (Å²) in [4.78, 5) is 30.3. The Labute approximate surface area is 161 Å². The number of thioether (sulfide) groups is 1. The van der Waals surface area contributed by atoms with Crippen LogP contribution in [-0.2, 0) is 4.79 Å². The van der Waals surface area contributed by atoms with Crippen LogP contribution in [0, 0.1) is 6.92 Å². The second-order valence-corrected chi connectivity index (χ2v) is 7.30. The second kappa shape index (κ2) is 7.67. The zero-order chi connectivity index (χ0) is 19.6. The molecule has 0 spiro atoms. The molecule has 138 valence electrons. The SMILES string of the molecule is Cc1ccc(C(=O)O)cc1N=C1NC(=O)C(=Cc2ccc(N(C)C)cc2)S1. The van der Waals surface area contributed by atoms with Crippen molar-refractivity contribution in [2.75, 3.05) is 19.0 Å². The predicted octanol–water partition coefficient (Wildman–Crippen LogP) is 3.65. The number of nitrogens with zero attached hydrogens (tertiary/aromatic N) is 2. The van der Waals surface area contributed by atoms with Crippen molar-refractivity contribution in [2.45, 2.75) is 6.92 Å². The molecule has 3 rings (SSSR count). The van der Waals surface area contributed by atoms with Gasteiger partial charge in [0.25, 0.3) is 5.91 Å².